The summed E-state index contributed by atoms with van der Waals surface area (Å²) in [7, 11) is 0. The zero-order chi connectivity index (χ0) is 27.6. The zero-order valence-electron chi connectivity index (χ0n) is 22.1. The number of anilines is 2. The molecular formula is C30H32FN5O3. The number of halogens is 1. The molecule has 9 heteroatoms. The lowest BCUT2D eigenvalue weighted by Gasteiger charge is -2.22. The Balaban J connectivity index is 1.52. The van der Waals surface area contributed by atoms with Gasteiger partial charge in [0.2, 0.25) is 5.91 Å². The molecule has 0 atom stereocenters. The smallest absolute Gasteiger partial charge is 0.322 e. The molecule has 3 aromatic carbocycles. The standard InChI is InChI=1S/C30H32FN5O3/c1-3-5-19-35(30(38)32-24-13-17-26(18-14-24)39-4-2)21-29(37)33-28-20-27(22-9-7-6-8-10-22)34-36(28)25-15-11-23(31)12-16-25/h6-18,20H,3-5,19,21H2,1-2H3,(H,32,38)(H,33,37). The summed E-state index contributed by atoms with van der Waals surface area (Å²) >= 11 is 0. The third kappa shape index (κ3) is 7.44. The Morgan fingerprint density at radius 2 is 1.67 bits per heavy atom. The van der Waals surface area contributed by atoms with Gasteiger partial charge in [-0.1, -0.05) is 43.7 Å². The van der Waals surface area contributed by atoms with Crippen molar-refractivity contribution in [1.82, 2.24) is 14.7 Å². The lowest BCUT2D eigenvalue weighted by molar-refractivity contribution is -0.116. The second-order valence-electron chi connectivity index (χ2n) is 8.88. The van der Waals surface area contributed by atoms with Gasteiger partial charge in [0.15, 0.2) is 0 Å². The van der Waals surface area contributed by atoms with Gasteiger partial charge >= 0.3 is 6.03 Å². The van der Waals surface area contributed by atoms with Crippen LogP contribution in [0.4, 0.5) is 20.7 Å². The Hall–Kier alpha value is -4.66. The van der Waals surface area contributed by atoms with Crippen LogP contribution in [-0.2, 0) is 4.79 Å². The van der Waals surface area contributed by atoms with E-state index in [-0.39, 0.29) is 24.3 Å². The maximum absolute atomic E-state index is 13.6. The first-order valence-electron chi connectivity index (χ1n) is 13.0. The van der Waals surface area contributed by atoms with E-state index >= 15 is 0 Å². The lowest BCUT2D eigenvalue weighted by Crippen LogP contribution is -2.41. The molecule has 3 amide bonds. The SMILES string of the molecule is CCCCN(CC(=O)Nc1cc(-c2ccccc2)nn1-c1ccc(F)cc1)C(=O)Nc1ccc(OCC)cc1. The number of ether oxygens (including phenoxy) is 1. The van der Waals surface area contributed by atoms with Crippen molar-refractivity contribution in [2.45, 2.75) is 26.7 Å². The molecule has 0 unspecified atom stereocenters. The summed E-state index contributed by atoms with van der Waals surface area (Å²) in [5.41, 5.74) is 2.71. The predicted octanol–water partition coefficient (Wildman–Crippen LogP) is 6.35. The largest absolute Gasteiger partial charge is 0.494 e. The molecule has 0 saturated carbocycles. The van der Waals surface area contributed by atoms with Gasteiger partial charge in [0.1, 0.15) is 23.9 Å². The van der Waals surface area contributed by atoms with Gasteiger partial charge in [-0.2, -0.15) is 5.10 Å². The van der Waals surface area contributed by atoms with Gasteiger partial charge in [-0.15, -0.1) is 0 Å². The number of aromatic nitrogens is 2. The minimum absolute atomic E-state index is 0.155. The minimum Gasteiger partial charge on any atom is -0.494 e. The number of nitrogens with one attached hydrogen (secondary N) is 2. The van der Waals surface area contributed by atoms with Crippen LogP contribution in [0.5, 0.6) is 5.75 Å². The van der Waals surface area contributed by atoms with Gasteiger partial charge < -0.3 is 20.3 Å². The molecule has 8 nitrogen and oxygen atoms in total. The van der Waals surface area contributed by atoms with Crippen LogP contribution in [0.3, 0.4) is 0 Å². The fourth-order valence-corrected chi connectivity index (χ4v) is 3.96. The van der Waals surface area contributed by atoms with E-state index in [0.29, 0.717) is 41.8 Å². The summed E-state index contributed by atoms with van der Waals surface area (Å²) in [5.74, 6) is 0.374. The Kier molecular flexibility index (Phi) is 9.29. The van der Waals surface area contributed by atoms with E-state index < -0.39 is 0 Å². The van der Waals surface area contributed by atoms with Crippen LogP contribution < -0.4 is 15.4 Å². The van der Waals surface area contributed by atoms with Crippen molar-refractivity contribution in [1.29, 1.82) is 0 Å². The molecule has 0 fully saturated rings. The van der Waals surface area contributed by atoms with Gasteiger partial charge in [-0.3, -0.25) is 4.79 Å². The molecule has 0 aliphatic rings. The summed E-state index contributed by atoms with van der Waals surface area (Å²) in [4.78, 5) is 27.7. The summed E-state index contributed by atoms with van der Waals surface area (Å²) in [6.45, 7) is 4.74. The summed E-state index contributed by atoms with van der Waals surface area (Å²) in [6, 6.07) is 23.9. The molecule has 1 aromatic heterocycles. The van der Waals surface area contributed by atoms with Crippen LogP contribution >= 0.6 is 0 Å². The molecular weight excluding hydrogens is 497 g/mol. The van der Waals surface area contributed by atoms with E-state index in [2.05, 4.69) is 15.7 Å². The van der Waals surface area contributed by atoms with E-state index in [0.717, 1.165) is 18.4 Å². The minimum atomic E-state index is -0.379. The zero-order valence-corrected chi connectivity index (χ0v) is 22.1. The molecule has 0 spiro atoms. The maximum Gasteiger partial charge on any atom is 0.322 e. The Bertz CT molecular complexity index is 1370. The average Bonchev–Trinajstić information content (AvgIpc) is 3.36. The summed E-state index contributed by atoms with van der Waals surface area (Å²) < 4.78 is 20.6. The molecule has 1 heterocycles. The monoisotopic (exact) mass is 529 g/mol. The number of unbranched alkanes of at least 4 members (excludes halogenated alkanes) is 1. The number of benzene rings is 3. The highest BCUT2D eigenvalue weighted by Crippen LogP contribution is 2.25. The number of hydrogen-bond donors (Lipinski definition) is 2. The topological polar surface area (TPSA) is 88.5 Å². The predicted molar refractivity (Wildman–Crippen MR) is 151 cm³/mol. The average molecular weight is 530 g/mol. The fourth-order valence-electron chi connectivity index (χ4n) is 3.96. The molecule has 4 rings (SSSR count). The number of carbonyl (C=O) groups is 2. The third-order valence-electron chi connectivity index (χ3n) is 5.94. The number of nitrogens with zero attached hydrogens (tertiary/aromatic N) is 3. The molecule has 0 saturated heterocycles. The van der Waals surface area contributed by atoms with Crippen molar-refractivity contribution < 1.29 is 18.7 Å². The highest BCUT2D eigenvalue weighted by molar-refractivity contribution is 5.97. The van der Waals surface area contributed by atoms with Crippen LogP contribution in [0, 0.1) is 5.82 Å². The van der Waals surface area contributed by atoms with Crippen molar-refractivity contribution in [3.05, 3.63) is 90.7 Å². The normalized spacial score (nSPS) is 10.6. The first-order valence-corrected chi connectivity index (χ1v) is 13.0. The number of rotatable bonds is 11. The second kappa shape index (κ2) is 13.2. The van der Waals surface area contributed by atoms with Crippen LogP contribution in [0.15, 0.2) is 84.9 Å². The molecule has 202 valence electrons. The fraction of sp³-hybridized carbons (Fsp3) is 0.233. The van der Waals surface area contributed by atoms with Crippen LogP contribution in [0.1, 0.15) is 26.7 Å². The lowest BCUT2D eigenvalue weighted by atomic mass is 10.1. The molecule has 0 radical (unpaired) electrons. The van der Waals surface area contributed by atoms with Crippen LogP contribution in [-0.4, -0.2) is 46.3 Å². The maximum atomic E-state index is 13.6. The van der Waals surface area contributed by atoms with Gasteiger partial charge in [0.25, 0.3) is 0 Å². The van der Waals surface area contributed by atoms with E-state index in [1.807, 2.05) is 44.2 Å². The van der Waals surface area contributed by atoms with Gasteiger partial charge in [-0.25, -0.2) is 13.9 Å². The molecule has 4 aromatic rings. The van der Waals surface area contributed by atoms with Gasteiger partial charge in [0, 0.05) is 23.9 Å². The molecule has 0 bridgehead atoms. The van der Waals surface area contributed by atoms with E-state index in [9.17, 15) is 14.0 Å². The summed E-state index contributed by atoms with van der Waals surface area (Å²) in [6.07, 6.45) is 1.61. The van der Waals surface area contributed by atoms with E-state index in [1.165, 1.54) is 17.0 Å². The number of amides is 3. The number of carbonyl (C=O) groups excluding carboxylic acids is 2. The summed E-state index contributed by atoms with van der Waals surface area (Å²) in [5, 5.41) is 10.4. The van der Waals surface area contributed by atoms with Gasteiger partial charge in [0.05, 0.1) is 18.0 Å². The first-order chi connectivity index (χ1) is 19.0. The quantitative estimate of drug-likeness (QED) is 0.237. The Morgan fingerprint density at radius 3 is 2.33 bits per heavy atom. The highest BCUT2D eigenvalue weighted by atomic mass is 19.1. The number of hydrogen-bond acceptors (Lipinski definition) is 4. The Labute approximate surface area is 227 Å². The molecule has 0 aliphatic carbocycles. The van der Waals surface area contributed by atoms with E-state index in [1.54, 1.807) is 47.1 Å². The van der Waals surface area contributed by atoms with Crippen molar-refractivity contribution in [2.24, 2.45) is 0 Å². The molecule has 39 heavy (non-hydrogen) atoms. The van der Waals surface area contributed by atoms with E-state index in [4.69, 9.17) is 4.74 Å². The highest BCUT2D eigenvalue weighted by Gasteiger charge is 2.20. The van der Waals surface area contributed by atoms with Crippen molar-refractivity contribution in [2.75, 3.05) is 30.3 Å². The molecule has 2 N–H and O–H groups in total. The third-order valence-corrected chi connectivity index (χ3v) is 5.94. The van der Waals surface area contributed by atoms with Crippen molar-refractivity contribution >= 4 is 23.4 Å². The van der Waals surface area contributed by atoms with Crippen LogP contribution in [0.25, 0.3) is 16.9 Å². The second-order valence-corrected chi connectivity index (χ2v) is 8.88. The van der Waals surface area contributed by atoms with Crippen molar-refractivity contribution in [3.8, 4) is 22.7 Å². The Morgan fingerprint density at radius 1 is 0.949 bits per heavy atom. The van der Waals surface area contributed by atoms with Crippen molar-refractivity contribution in [3.63, 3.8) is 0 Å². The van der Waals surface area contributed by atoms with Crippen LogP contribution in [0.2, 0.25) is 0 Å². The van der Waals surface area contributed by atoms with Gasteiger partial charge in [-0.05, 0) is 61.9 Å². The first kappa shape index (κ1) is 27.4. The molecule has 0 aliphatic heterocycles. The number of urea groups is 1.